The molecule has 0 atom stereocenters. The van der Waals surface area contributed by atoms with Gasteiger partial charge in [-0.2, -0.15) is 0 Å². The molecule has 2 aromatic rings. The maximum Gasteiger partial charge on any atom is 0.139 e. The average molecular weight is 334 g/mol. The van der Waals surface area contributed by atoms with Gasteiger partial charge in [-0.25, -0.2) is 4.39 Å². The minimum absolute atomic E-state index is 0.187. The zero-order chi connectivity index (χ0) is 17.6. The van der Waals surface area contributed by atoms with E-state index in [9.17, 15) is 4.39 Å². The van der Waals surface area contributed by atoms with Crippen molar-refractivity contribution in [1.29, 1.82) is 0 Å². The molecule has 0 radical (unpaired) electrons. The molecule has 0 spiro atoms. The van der Waals surface area contributed by atoms with Gasteiger partial charge >= 0.3 is 0 Å². The van der Waals surface area contributed by atoms with Gasteiger partial charge in [-0.3, -0.25) is 0 Å². The third-order valence-corrected chi connectivity index (χ3v) is 5.59. The molecule has 0 saturated heterocycles. The molecular weight excluding hydrogens is 307 g/mol. The SMILES string of the molecule is CCc1ccc(C#Cc2ccc(C3CCC(CC)CC3)cc2F)cc1. The molecule has 25 heavy (non-hydrogen) atoms. The molecule has 1 fully saturated rings. The van der Waals surface area contributed by atoms with Gasteiger partial charge in [0.15, 0.2) is 0 Å². The molecule has 1 heteroatoms. The van der Waals surface area contributed by atoms with Crippen LogP contribution in [-0.4, -0.2) is 0 Å². The summed E-state index contributed by atoms with van der Waals surface area (Å²) in [5.74, 6) is 7.26. The molecule has 1 aliphatic rings. The van der Waals surface area contributed by atoms with Gasteiger partial charge in [0.1, 0.15) is 5.82 Å². The fourth-order valence-corrected chi connectivity index (χ4v) is 3.75. The van der Waals surface area contributed by atoms with Crippen LogP contribution in [0.2, 0.25) is 0 Å². The number of benzene rings is 2. The first kappa shape index (κ1) is 17.7. The topological polar surface area (TPSA) is 0 Å². The van der Waals surface area contributed by atoms with Crippen LogP contribution in [-0.2, 0) is 6.42 Å². The maximum absolute atomic E-state index is 14.5. The molecule has 0 aromatic heterocycles. The van der Waals surface area contributed by atoms with E-state index in [0.717, 1.165) is 23.5 Å². The predicted molar refractivity (Wildman–Crippen MR) is 103 cm³/mol. The van der Waals surface area contributed by atoms with Crippen LogP contribution in [0, 0.1) is 23.6 Å². The van der Waals surface area contributed by atoms with E-state index < -0.39 is 0 Å². The van der Waals surface area contributed by atoms with E-state index in [-0.39, 0.29) is 5.82 Å². The molecular formula is C24H27F. The van der Waals surface area contributed by atoms with Crippen molar-refractivity contribution in [2.24, 2.45) is 5.92 Å². The summed E-state index contributed by atoms with van der Waals surface area (Å²) in [5, 5.41) is 0. The molecule has 1 saturated carbocycles. The van der Waals surface area contributed by atoms with Gasteiger partial charge in [0.25, 0.3) is 0 Å². The van der Waals surface area contributed by atoms with E-state index in [1.54, 1.807) is 6.07 Å². The highest BCUT2D eigenvalue weighted by Gasteiger charge is 2.21. The highest BCUT2D eigenvalue weighted by atomic mass is 19.1. The molecule has 0 amide bonds. The summed E-state index contributed by atoms with van der Waals surface area (Å²) in [5.41, 5.74) is 3.85. The average Bonchev–Trinajstić information content (AvgIpc) is 2.67. The monoisotopic (exact) mass is 334 g/mol. The zero-order valence-electron chi connectivity index (χ0n) is 15.3. The van der Waals surface area contributed by atoms with Crippen molar-refractivity contribution in [2.45, 2.75) is 58.3 Å². The fourth-order valence-electron chi connectivity index (χ4n) is 3.75. The standard InChI is InChI=1S/C24H27F/c1-3-18-5-7-20(8-6-18)11-14-22-15-16-23(17-24(22)25)21-12-9-19(4-2)10-13-21/h5-8,15-17,19,21H,3-4,9-10,12-13H2,1-2H3. The summed E-state index contributed by atoms with van der Waals surface area (Å²) in [7, 11) is 0. The summed E-state index contributed by atoms with van der Waals surface area (Å²) >= 11 is 0. The third-order valence-electron chi connectivity index (χ3n) is 5.59. The molecule has 130 valence electrons. The number of rotatable bonds is 3. The second-order valence-corrected chi connectivity index (χ2v) is 7.17. The van der Waals surface area contributed by atoms with Crippen LogP contribution in [0.15, 0.2) is 42.5 Å². The van der Waals surface area contributed by atoms with Gasteiger partial charge < -0.3 is 0 Å². The smallest absolute Gasteiger partial charge is 0.139 e. The summed E-state index contributed by atoms with van der Waals surface area (Å²) in [4.78, 5) is 0. The van der Waals surface area contributed by atoms with Crippen molar-refractivity contribution in [3.05, 3.63) is 70.5 Å². The normalized spacial score (nSPS) is 20.0. The number of halogens is 1. The Bertz CT molecular complexity index is 753. The highest BCUT2D eigenvalue weighted by Crippen LogP contribution is 2.37. The van der Waals surface area contributed by atoms with E-state index >= 15 is 0 Å². The molecule has 0 heterocycles. The minimum atomic E-state index is -0.187. The zero-order valence-corrected chi connectivity index (χ0v) is 15.3. The summed E-state index contributed by atoms with van der Waals surface area (Å²) in [6.07, 6.45) is 7.22. The van der Waals surface area contributed by atoms with Crippen molar-refractivity contribution in [1.82, 2.24) is 0 Å². The lowest BCUT2D eigenvalue weighted by molar-refractivity contribution is 0.318. The minimum Gasteiger partial charge on any atom is -0.206 e. The third kappa shape index (κ3) is 4.51. The summed E-state index contributed by atoms with van der Waals surface area (Å²) in [6, 6.07) is 13.8. The maximum atomic E-state index is 14.5. The quantitative estimate of drug-likeness (QED) is 0.564. The van der Waals surface area contributed by atoms with Crippen LogP contribution in [0.5, 0.6) is 0 Å². The molecule has 2 aromatic carbocycles. The second-order valence-electron chi connectivity index (χ2n) is 7.17. The molecule has 0 bridgehead atoms. The van der Waals surface area contributed by atoms with E-state index in [2.05, 4.69) is 43.9 Å². The Kier molecular flexibility index (Phi) is 5.92. The largest absolute Gasteiger partial charge is 0.206 e. The molecule has 0 unspecified atom stereocenters. The Balaban J connectivity index is 1.71. The first-order valence-electron chi connectivity index (χ1n) is 9.60. The highest BCUT2D eigenvalue weighted by molar-refractivity contribution is 5.45. The van der Waals surface area contributed by atoms with Crippen molar-refractivity contribution in [3.8, 4) is 11.8 Å². The Morgan fingerprint density at radius 2 is 1.64 bits per heavy atom. The van der Waals surface area contributed by atoms with Gasteiger partial charge in [0.05, 0.1) is 5.56 Å². The lowest BCUT2D eigenvalue weighted by Gasteiger charge is -2.28. The Hall–Kier alpha value is -2.07. The summed E-state index contributed by atoms with van der Waals surface area (Å²) in [6.45, 7) is 4.40. The van der Waals surface area contributed by atoms with Crippen molar-refractivity contribution in [3.63, 3.8) is 0 Å². The van der Waals surface area contributed by atoms with Gasteiger partial charge in [0, 0.05) is 5.56 Å². The van der Waals surface area contributed by atoms with Crippen LogP contribution in [0.3, 0.4) is 0 Å². The summed E-state index contributed by atoms with van der Waals surface area (Å²) < 4.78 is 14.5. The van der Waals surface area contributed by atoms with Crippen LogP contribution >= 0.6 is 0 Å². The lowest BCUT2D eigenvalue weighted by atomic mass is 9.78. The van der Waals surface area contributed by atoms with E-state index in [4.69, 9.17) is 0 Å². The fraction of sp³-hybridized carbons (Fsp3) is 0.417. The Morgan fingerprint density at radius 1 is 0.920 bits per heavy atom. The molecule has 1 aliphatic carbocycles. The molecule has 0 N–H and O–H groups in total. The van der Waals surface area contributed by atoms with E-state index in [1.807, 2.05) is 18.2 Å². The van der Waals surface area contributed by atoms with Gasteiger partial charge in [-0.1, -0.05) is 50.3 Å². The van der Waals surface area contributed by atoms with E-state index in [1.165, 1.54) is 37.7 Å². The van der Waals surface area contributed by atoms with Crippen molar-refractivity contribution < 1.29 is 4.39 Å². The number of hydrogen-bond donors (Lipinski definition) is 0. The van der Waals surface area contributed by atoms with Gasteiger partial charge in [-0.15, -0.1) is 0 Å². The van der Waals surface area contributed by atoms with Crippen molar-refractivity contribution in [2.75, 3.05) is 0 Å². The van der Waals surface area contributed by atoms with Crippen molar-refractivity contribution >= 4 is 0 Å². The Morgan fingerprint density at radius 3 is 2.24 bits per heavy atom. The first-order chi connectivity index (χ1) is 12.2. The molecule has 0 nitrogen and oxygen atoms in total. The van der Waals surface area contributed by atoms with Gasteiger partial charge in [-0.05, 0) is 79.3 Å². The van der Waals surface area contributed by atoms with Gasteiger partial charge in [0.2, 0.25) is 0 Å². The van der Waals surface area contributed by atoms with Crippen LogP contribution in [0.1, 0.15) is 74.1 Å². The van der Waals surface area contributed by atoms with Crippen LogP contribution in [0.25, 0.3) is 0 Å². The molecule has 3 rings (SSSR count). The number of aryl methyl sites for hydroxylation is 1. The predicted octanol–water partition coefficient (Wildman–Crippen LogP) is 6.47. The lowest BCUT2D eigenvalue weighted by Crippen LogP contribution is -2.12. The molecule has 0 aliphatic heterocycles. The second kappa shape index (κ2) is 8.34. The van der Waals surface area contributed by atoms with Crippen LogP contribution < -0.4 is 0 Å². The van der Waals surface area contributed by atoms with Crippen LogP contribution in [0.4, 0.5) is 4.39 Å². The first-order valence-corrected chi connectivity index (χ1v) is 9.60. The Labute approximate surface area is 151 Å². The van der Waals surface area contributed by atoms with E-state index in [0.29, 0.717) is 11.5 Å². The number of hydrogen-bond acceptors (Lipinski definition) is 0.